The highest BCUT2D eigenvalue weighted by Gasteiger charge is 2.20. The fraction of sp³-hybridized carbons (Fsp3) is 0.200. The van der Waals surface area contributed by atoms with Gasteiger partial charge in [0.25, 0.3) is 5.91 Å². The highest BCUT2D eigenvalue weighted by Crippen LogP contribution is 2.21. The van der Waals surface area contributed by atoms with E-state index in [9.17, 15) is 19.1 Å². The zero-order valence-corrected chi connectivity index (χ0v) is 11.9. The van der Waals surface area contributed by atoms with Crippen molar-refractivity contribution in [2.45, 2.75) is 0 Å². The van der Waals surface area contributed by atoms with Crippen LogP contribution in [0.1, 0.15) is 5.56 Å². The van der Waals surface area contributed by atoms with Crippen LogP contribution in [0.4, 0.5) is 4.39 Å². The molecule has 0 saturated carbocycles. The Balaban J connectivity index is 2.14. The van der Waals surface area contributed by atoms with Crippen molar-refractivity contribution < 1.29 is 23.8 Å². The SMILES string of the molecule is COC(=O)CNC(=O)C1=C(O)C=C(c2cccc(F)c2)CN1. The Hall–Kier alpha value is -2.83. The van der Waals surface area contributed by atoms with Crippen LogP contribution in [-0.2, 0) is 14.3 Å². The van der Waals surface area contributed by atoms with Crippen molar-refractivity contribution >= 4 is 17.4 Å². The third-order valence-corrected chi connectivity index (χ3v) is 3.07. The predicted octanol–water partition coefficient (Wildman–Crippen LogP) is 0.871. The van der Waals surface area contributed by atoms with Gasteiger partial charge in [0, 0.05) is 6.54 Å². The van der Waals surface area contributed by atoms with Crippen LogP contribution in [0.2, 0.25) is 0 Å². The number of hydrogen-bond acceptors (Lipinski definition) is 5. The van der Waals surface area contributed by atoms with Crippen LogP contribution in [-0.4, -0.2) is 37.2 Å². The molecule has 0 bridgehead atoms. The van der Waals surface area contributed by atoms with Crippen molar-refractivity contribution in [2.75, 3.05) is 20.2 Å². The second-order valence-electron chi connectivity index (χ2n) is 4.55. The number of aliphatic hydroxyl groups excluding tert-OH is 1. The van der Waals surface area contributed by atoms with Crippen LogP contribution in [0, 0.1) is 5.82 Å². The third kappa shape index (κ3) is 3.63. The van der Waals surface area contributed by atoms with Crippen LogP contribution in [0.25, 0.3) is 5.57 Å². The van der Waals surface area contributed by atoms with Gasteiger partial charge in [-0.1, -0.05) is 12.1 Å². The minimum Gasteiger partial charge on any atom is -0.506 e. The number of hydrogen-bond donors (Lipinski definition) is 3. The Morgan fingerprint density at radius 1 is 1.45 bits per heavy atom. The number of ether oxygens (including phenoxy) is 1. The molecular weight excluding hydrogens is 291 g/mol. The standard InChI is InChI=1S/C15H15FN2O4/c1-22-13(20)8-18-15(21)14-12(19)6-10(7-17-14)9-3-2-4-11(16)5-9/h2-6,17,19H,7-8H2,1H3,(H,18,21). The fourth-order valence-corrected chi connectivity index (χ4v) is 1.95. The van der Waals surface area contributed by atoms with Crippen LogP contribution < -0.4 is 10.6 Å². The molecule has 0 spiro atoms. The Morgan fingerprint density at radius 3 is 2.86 bits per heavy atom. The molecule has 6 nitrogen and oxygen atoms in total. The van der Waals surface area contributed by atoms with E-state index in [-0.39, 0.29) is 30.4 Å². The second kappa shape index (κ2) is 6.75. The number of allylic oxidation sites excluding steroid dienone is 1. The molecule has 1 aliphatic heterocycles. The average molecular weight is 306 g/mol. The van der Waals surface area contributed by atoms with Gasteiger partial charge < -0.3 is 20.5 Å². The van der Waals surface area contributed by atoms with Gasteiger partial charge in [-0.25, -0.2) is 4.39 Å². The van der Waals surface area contributed by atoms with E-state index in [1.807, 2.05) is 0 Å². The van der Waals surface area contributed by atoms with E-state index in [1.165, 1.54) is 25.3 Å². The molecule has 0 fully saturated rings. The Morgan fingerprint density at radius 2 is 2.23 bits per heavy atom. The number of methoxy groups -OCH3 is 1. The Labute approximate surface area is 126 Å². The lowest BCUT2D eigenvalue weighted by Crippen LogP contribution is -2.38. The number of nitrogens with one attached hydrogen (secondary N) is 2. The molecule has 0 atom stereocenters. The number of dihydropyridines is 1. The van der Waals surface area contributed by atoms with Crippen molar-refractivity contribution in [3.05, 3.63) is 53.2 Å². The van der Waals surface area contributed by atoms with Crippen molar-refractivity contribution in [3.63, 3.8) is 0 Å². The Kier molecular flexibility index (Phi) is 4.77. The lowest BCUT2D eigenvalue weighted by atomic mass is 10.0. The fourth-order valence-electron chi connectivity index (χ4n) is 1.95. The van der Waals surface area contributed by atoms with Gasteiger partial charge in [-0.2, -0.15) is 0 Å². The average Bonchev–Trinajstić information content (AvgIpc) is 2.52. The van der Waals surface area contributed by atoms with Gasteiger partial charge in [0.15, 0.2) is 0 Å². The second-order valence-corrected chi connectivity index (χ2v) is 4.55. The molecule has 22 heavy (non-hydrogen) atoms. The first kappa shape index (κ1) is 15.6. The number of carbonyl (C=O) groups is 2. The Bertz CT molecular complexity index is 667. The van der Waals surface area contributed by atoms with Gasteiger partial charge >= 0.3 is 5.97 Å². The van der Waals surface area contributed by atoms with Crippen LogP contribution in [0.5, 0.6) is 0 Å². The van der Waals surface area contributed by atoms with E-state index in [0.29, 0.717) is 11.1 Å². The van der Waals surface area contributed by atoms with Gasteiger partial charge in [-0.3, -0.25) is 9.59 Å². The van der Waals surface area contributed by atoms with Gasteiger partial charge in [0.2, 0.25) is 0 Å². The summed E-state index contributed by atoms with van der Waals surface area (Å²) >= 11 is 0. The molecule has 2 rings (SSSR count). The first-order chi connectivity index (χ1) is 10.5. The zero-order valence-electron chi connectivity index (χ0n) is 11.9. The number of esters is 1. The van der Waals surface area contributed by atoms with Crippen molar-refractivity contribution in [2.24, 2.45) is 0 Å². The molecule has 116 valence electrons. The number of aliphatic hydroxyl groups is 1. The molecule has 0 unspecified atom stereocenters. The summed E-state index contributed by atoms with van der Waals surface area (Å²) in [5.74, 6) is -1.89. The van der Waals surface area contributed by atoms with Gasteiger partial charge in [-0.05, 0) is 29.3 Å². The molecule has 1 aromatic rings. The summed E-state index contributed by atoms with van der Waals surface area (Å²) < 4.78 is 17.6. The van der Waals surface area contributed by atoms with E-state index in [4.69, 9.17) is 0 Å². The number of halogens is 1. The lowest BCUT2D eigenvalue weighted by Gasteiger charge is -2.19. The van der Waals surface area contributed by atoms with Crippen LogP contribution in [0.3, 0.4) is 0 Å². The monoisotopic (exact) mass is 306 g/mol. The molecule has 0 aliphatic carbocycles. The molecule has 1 aromatic carbocycles. The normalized spacial score (nSPS) is 14.0. The maximum Gasteiger partial charge on any atom is 0.325 e. The van der Waals surface area contributed by atoms with E-state index in [2.05, 4.69) is 15.4 Å². The third-order valence-electron chi connectivity index (χ3n) is 3.07. The number of benzene rings is 1. The molecule has 1 amide bonds. The maximum absolute atomic E-state index is 13.2. The summed E-state index contributed by atoms with van der Waals surface area (Å²) in [7, 11) is 1.21. The first-order valence-corrected chi connectivity index (χ1v) is 6.50. The summed E-state index contributed by atoms with van der Waals surface area (Å²) in [6.45, 7) is -0.0528. The summed E-state index contributed by atoms with van der Waals surface area (Å²) in [5, 5.41) is 15.0. The molecule has 3 N–H and O–H groups in total. The quantitative estimate of drug-likeness (QED) is 0.719. The van der Waals surface area contributed by atoms with E-state index in [0.717, 1.165) is 0 Å². The summed E-state index contributed by atoms with van der Waals surface area (Å²) in [6, 6.07) is 5.92. The van der Waals surface area contributed by atoms with Gasteiger partial charge in [0.05, 0.1) is 7.11 Å². The van der Waals surface area contributed by atoms with Crippen molar-refractivity contribution in [1.82, 2.24) is 10.6 Å². The van der Waals surface area contributed by atoms with Crippen LogP contribution in [0.15, 0.2) is 41.8 Å². The molecule has 1 aliphatic rings. The largest absolute Gasteiger partial charge is 0.506 e. The molecule has 0 aromatic heterocycles. The van der Waals surface area contributed by atoms with E-state index in [1.54, 1.807) is 12.1 Å². The minimum absolute atomic E-state index is 0.0518. The van der Waals surface area contributed by atoms with Crippen molar-refractivity contribution in [3.8, 4) is 0 Å². The van der Waals surface area contributed by atoms with E-state index < -0.39 is 11.9 Å². The maximum atomic E-state index is 13.2. The highest BCUT2D eigenvalue weighted by molar-refractivity contribution is 5.96. The molecule has 1 heterocycles. The molecule has 0 saturated heterocycles. The summed E-state index contributed by atoms with van der Waals surface area (Å²) in [5.41, 5.74) is 1.19. The predicted molar refractivity (Wildman–Crippen MR) is 77.1 cm³/mol. The summed E-state index contributed by atoms with van der Waals surface area (Å²) in [6.07, 6.45) is 1.39. The number of amides is 1. The molecular formula is C15H15FN2O4. The minimum atomic E-state index is -0.627. The summed E-state index contributed by atoms with van der Waals surface area (Å²) in [4.78, 5) is 22.8. The zero-order chi connectivity index (χ0) is 16.1. The first-order valence-electron chi connectivity index (χ1n) is 6.50. The van der Waals surface area contributed by atoms with Crippen molar-refractivity contribution in [1.29, 1.82) is 0 Å². The topological polar surface area (TPSA) is 87.7 Å². The number of rotatable bonds is 4. The molecule has 0 radical (unpaired) electrons. The number of carbonyl (C=O) groups excluding carboxylic acids is 2. The smallest absolute Gasteiger partial charge is 0.325 e. The highest BCUT2D eigenvalue weighted by atomic mass is 19.1. The lowest BCUT2D eigenvalue weighted by molar-refractivity contribution is -0.140. The van der Waals surface area contributed by atoms with Crippen LogP contribution >= 0.6 is 0 Å². The van der Waals surface area contributed by atoms with E-state index >= 15 is 0 Å². The van der Waals surface area contributed by atoms with Gasteiger partial charge in [-0.15, -0.1) is 0 Å². The van der Waals surface area contributed by atoms with Gasteiger partial charge in [0.1, 0.15) is 23.8 Å². The molecule has 7 heteroatoms.